The van der Waals surface area contributed by atoms with E-state index in [0.717, 1.165) is 24.8 Å². The summed E-state index contributed by atoms with van der Waals surface area (Å²) in [7, 11) is -7.27. The maximum absolute atomic E-state index is 12.5. The van der Waals surface area contributed by atoms with Gasteiger partial charge in [0.25, 0.3) is 0 Å². The normalized spacial score (nSPS) is 16.0. The highest BCUT2D eigenvalue weighted by atomic mass is 32.2. The van der Waals surface area contributed by atoms with Gasteiger partial charge in [0.1, 0.15) is 11.6 Å². The molecule has 0 saturated heterocycles. The van der Waals surface area contributed by atoms with E-state index in [9.17, 15) is 25.6 Å². The molecule has 4 N–H and O–H groups in total. The minimum absolute atomic E-state index is 0.262. The molecule has 30 heavy (non-hydrogen) atoms. The van der Waals surface area contributed by atoms with Gasteiger partial charge in [-0.15, -0.1) is 0 Å². The van der Waals surface area contributed by atoms with Crippen molar-refractivity contribution < 1.29 is 25.6 Å². The fourth-order valence-electron chi connectivity index (χ4n) is 2.10. The monoisotopic (exact) mass is 466 g/mol. The van der Waals surface area contributed by atoms with E-state index in [1.807, 2.05) is 0 Å². The number of sulfonamides is 2. The first-order valence-corrected chi connectivity index (χ1v) is 11.8. The van der Waals surface area contributed by atoms with Crippen molar-refractivity contribution in [1.29, 1.82) is 0 Å². The minimum Gasteiger partial charge on any atom is -0.238 e. The predicted octanol–water partition coefficient (Wildman–Crippen LogP) is 0.792. The predicted molar refractivity (Wildman–Crippen MR) is 106 cm³/mol. The average Bonchev–Trinajstić information content (AvgIpc) is 2.66. The van der Waals surface area contributed by atoms with Crippen LogP contribution in [0.3, 0.4) is 0 Å². The molecule has 0 radical (unpaired) electrons. The third-order valence-electron chi connectivity index (χ3n) is 4.54. The van der Waals surface area contributed by atoms with Gasteiger partial charge in [0.05, 0.1) is 35.3 Å². The second kappa shape index (κ2) is 10.2. The molecule has 0 saturated carbocycles. The molecule has 2 rings (SSSR count). The lowest BCUT2D eigenvalue weighted by atomic mass is 10.1. The fourth-order valence-corrected chi connectivity index (χ4v) is 3.49. The fraction of sp³-hybridized carbons (Fsp3) is 0.500. The van der Waals surface area contributed by atoms with Gasteiger partial charge in [-0.25, -0.2) is 55.8 Å². The summed E-state index contributed by atoms with van der Waals surface area (Å²) in [6.45, 7) is 6.18. The van der Waals surface area contributed by atoms with Crippen LogP contribution in [0.2, 0.25) is 0 Å². The van der Waals surface area contributed by atoms with E-state index in [4.69, 9.17) is 10.3 Å². The van der Waals surface area contributed by atoms with Gasteiger partial charge in [0, 0.05) is 11.8 Å². The number of aromatic nitrogens is 4. The molecule has 2 heterocycles. The quantitative estimate of drug-likeness (QED) is 0.629. The van der Waals surface area contributed by atoms with E-state index in [1.165, 1.54) is 13.8 Å². The van der Waals surface area contributed by atoms with Crippen LogP contribution in [0.15, 0.2) is 24.8 Å². The highest BCUT2D eigenvalue weighted by molar-refractivity contribution is 7.90. The lowest BCUT2D eigenvalue weighted by Crippen LogP contribution is -2.31. The largest absolute Gasteiger partial charge is 0.238 e. The van der Waals surface area contributed by atoms with E-state index in [1.54, 1.807) is 13.8 Å². The molecule has 0 spiro atoms. The number of hydrogen-bond acceptors (Lipinski definition) is 8. The lowest BCUT2D eigenvalue weighted by Gasteiger charge is -2.15. The first kappa shape index (κ1) is 25.9. The third-order valence-corrected chi connectivity index (χ3v) is 7.43. The zero-order valence-electron chi connectivity index (χ0n) is 16.8. The first-order chi connectivity index (χ1) is 13.6. The Balaban J connectivity index is 0.000000300. The van der Waals surface area contributed by atoms with Gasteiger partial charge in [-0.05, 0) is 13.8 Å². The van der Waals surface area contributed by atoms with Crippen molar-refractivity contribution >= 4 is 20.0 Å². The summed E-state index contributed by atoms with van der Waals surface area (Å²) in [4.78, 5) is 14.8. The van der Waals surface area contributed by atoms with Gasteiger partial charge in [-0.1, -0.05) is 13.8 Å². The van der Waals surface area contributed by atoms with Crippen molar-refractivity contribution in [1.82, 2.24) is 19.9 Å². The molecule has 0 aliphatic carbocycles. The molecule has 0 bridgehead atoms. The Morgan fingerprint density at radius 3 is 1.10 bits per heavy atom. The number of rotatable bonds is 6. The van der Waals surface area contributed by atoms with Crippen LogP contribution in [0.5, 0.6) is 0 Å². The highest BCUT2D eigenvalue weighted by Crippen LogP contribution is 2.19. The molecule has 4 atom stereocenters. The zero-order chi connectivity index (χ0) is 23.3. The number of nitrogens with two attached hydrogens (primary N) is 2. The van der Waals surface area contributed by atoms with Gasteiger partial charge in [-0.2, -0.15) is 0 Å². The van der Waals surface area contributed by atoms with Crippen molar-refractivity contribution in [2.75, 3.05) is 0 Å². The van der Waals surface area contributed by atoms with Crippen LogP contribution in [0.25, 0.3) is 0 Å². The molecule has 0 aromatic carbocycles. The topological polar surface area (TPSA) is 172 Å². The molecule has 0 unspecified atom stereocenters. The van der Waals surface area contributed by atoms with Crippen LogP contribution in [-0.4, -0.2) is 47.3 Å². The zero-order valence-corrected chi connectivity index (χ0v) is 18.4. The Bertz CT molecular complexity index is 949. The molecule has 10 nitrogen and oxygen atoms in total. The van der Waals surface area contributed by atoms with E-state index in [2.05, 4.69) is 19.9 Å². The molecule has 0 aliphatic heterocycles. The first-order valence-electron chi connectivity index (χ1n) is 8.62. The van der Waals surface area contributed by atoms with Crippen LogP contribution in [0.4, 0.5) is 8.78 Å². The van der Waals surface area contributed by atoms with Crippen LogP contribution in [0.1, 0.15) is 51.2 Å². The summed E-state index contributed by atoms with van der Waals surface area (Å²) in [5, 5.41) is 8.37. The standard InChI is InChI=1S/2C8H12FN3O2S/c2*1-5(6(2)15(10,13)14)8-11-3-7(9)4-12-8/h2*3-6H,1-2H3,(H2,10,13,14)/t2*5-,6-/m10/s1. The lowest BCUT2D eigenvalue weighted by molar-refractivity contribution is 0.558. The van der Waals surface area contributed by atoms with Crippen LogP contribution < -0.4 is 10.3 Å². The minimum atomic E-state index is -3.63. The molecule has 14 heteroatoms. The van der Waals surface area contributed by atoms with Crippen molar-refractivity contribution in [2.24, 2.45) is 10.3 Å². The summed E-state index contributed by atoms with van der Waals surface area (Å²) < 4.78 is 69.3. The van der Waals surface area contributed by atoms with Gasteiger partial charge in [0.15, 0.2) is 11.6 Å². The number of hydrogen-bond donors (Lipinski definition) is 2. The number of nitrogens with zero attached hydrogens (tertiary/aromatic N) is 4. The van der Waals surface area contributed by atoms with E-state index in [-0.39, 0.29) is 11.6 Å². The van der Waals surface area contributed by atoms with Crippen molar-refractivity contribution in [3.8, 4) is 0 Å². The molecule has 2 aromatic heterocycles. The summed E-state index contributed by atoms with van der Waals surface area (Å²) in [5.41, 5.74) is 0. The Labute approximate surface area is 174 Å². The van der Waals surface area contributed by atoms with Crippen molar-refractivity contribution in [2.45, 2.75) is 50.0 Å². The smallest absolute Gasteiger partial charge is 0.212 e. The van der Waals surface area contributed by atoms with Gasteiger partial charge < -0.3 is 0 Å². The van der Waals surface area contributed by atoms with Crippen LogP contribution in [0, 0.1) is 11.6 Å². The number of primary sulfonamides is 2. The molecule has 0 amide bonds. The van der Waals surface area contributed by atoms with E-state index < -0.39 is 54.0 Å². The molecule has 0 fully saturated rings. The second-order valence-corrected chi connectivity index (χ2v) is 10.5. The van der Waals surface area contributed by atoms with Crippen LogP contribution >= 0.6 is 0 Å². The van der Waals surface area contributed by atoms with E-state index in [0.29, 0.717) is 0 Å². The summed E-state index contributed by atoms with van der Waals surface area (Å²) >= 11 is 0. The van der Waals surface area contributed by atoms with Gasteiger partial charge in [-0.3, -0.25) is 0 Å². The Morgan fingerprint density at radius 1 is 0.667 bits per heavy atom. The Morgan fingerprint density at radius 2 is 0.900 bits per heavy atom. The van der Waals surface area contributed by atoms with Crippen LogP contribution in [-0.2, 0) is 20.0 Å². The Kier molecular flexibility index (Phi) is 8.83. The van der Waals surface area contributed by atoms with Crippen molar-refractivity contribution in [3.63, 3.8) is 0 Å². The van der Waals surface area contributed by atoms with Gasteiger partial charge >= 0.3 is 0 Å². The molecule has 0 aliphatic rings. The Hall–Kier alpha value is -2.16. The van der Waals surface area contributed by atoms with Crippen molar-refractivity contribution in [3.05, 3.63) is 48.1 Å². The molecular formula is C16H24F2N6O4S2. The van der Waals surface area contributed by atoms with Gasteiger partial charge in [0.2, 0.25) is 20.0 Å². The highest BCUT2D eigenvalue weighted by Gasteiger charge is 2.27. The molecule has 168 valence electrons. The van der Waals surface area contributed by atoms with E-state index >= 15 is 0 Å². The molecule has 2 aromatic rings. The summed E-state index contributed by atoms with van der Waals surface area (Å²) in [6, 6.07) is 0. The maximum atomic E-state index is 12.5. The summed E-state index contributed by atoms with van der Waals surface area (Å²) in [5.74, 6) is -1.54. The third kappa shape index (κ3) is 7.59. The number of halogens is 2. The molecular weight excluding hydrogens is 442 g/mol. The average molecular weight is 467 g/mol. The summed E-state index contributed by atoms with van der Waals surface area (Å²) in [6.07, 6.45) is 3.98. The SMILES string of the molecule is C[C@H]([C@@H](C)c1ncc(F)cn1)S(N)(=O)=O.C[C@H](c1ncc(F)cn1)[C@H](C)S(N)(=O)=O. The maximum Gasteiger partial charge on any atom is 0.212 e. The second-order valence-electron chi connectivity index (χ2n) is 6.68.